The maximum Gasteiger partial charge on any atom is 0.433 e. The number of rotatable bonds is 6. The Bertz CT molecular complexity index is 1060. The molecular formula is C19H18ClF3N4O2. The molecule has 0 aliphatic rings. The minimum atomic E-state index is -4.57. The molecule has 0 spiro atoms. The summed E-state index contributed by atoms with van der Waals surface area (Å²) in [5.74, 6) is -0.281. The van der Waals surface area contributed by atoms with E-state index in [1.807, 2.05) is 13.8 Å². The van der Waals surface area contributed by atoms with Gasteiger partial charge in [0.25, 0.3) is 0 Å². The number of hydrogen-bond acceptors (Lipinski definition) is 5. The van der Waals surface area contributed by atoms with Crippen molar-refractivity contribution < 1.29 is 22.7 Å². The van der Waals surface area contributed by atoms with Crippen LogP contribution in [-0.4, -0.2) is 32.5 Å². The van der Waals surface area contributed by atoms with Gasteiger partial charge >= 0.3 is 6.18 Å². The van der Waals surface area contributed by atoms with E-state index in [0.717, 1.165) is 12.3 Å². The third kappa shape index (κ3) is 4.56. The number of nitrogens with zero attached hydrogens (tertiary/aromatic N) is 4. The molecule has 0 amide bonds. The fourth-order valence-corrected chi connectivity index (χ4v) is 3.22. The molecule has 0 aromatic carbocycles. The van der Waals surface area contributed by atoms with Crippen LogP contribution in [0, 0.1) is 0 Å². The zero-order valence-corrected chi connectivity index (χ0v) is 16.7. The van der Waals surface area contributed by atoms with Gasteiger partial charge in [0.05, 0.1) is 5.69 Å². The van der Waals surface area contributed by atoms with Gasteiger partial charge in [0.2, 0.25) is 0 Å². The third-order valence-electron chi connectivity index (χ3n) is 4.51. The van der Waals surface area contributed by atoms with Crippen LogP contribution in [0.4, 0.5) is 13.2 Å². The molecule has 10 heteroatoms. The quantitative estimate of drug-likeness (QED) is 0.595. The van der Waals surface area contributed by atoms with Crippen molar-refractivity contribution in [2.75, 3.05) is 7.11 Å². The molecule has 0 bridgehead atoms. The van der Waals surface area contributed by atoms with Crippen LogP contribution in [0.5, 0.6) is 0 Å². The summed E-state index contributed by atoms with van der Waals surface area (Å²) in [4.78, 5) is 20.2. The number of carbonyl (C=O) groups excluding carboxylic acids is 1. The zero-order valence-electron chi connectivity index (χ0n) is 15.9. The Morgan fingerprint density at radius 3 is 2.59 bits per heavy atom. The Balaban J connectivity index is 1.92. The highest BCUT2D eigenvalue weighted by Gasteiger charge is 2.33. The zero-order chi connectivity index (χ0) is 21.4. The summed E-state index contributed by atoms with van der Waals surface area (Å²) in [5, 5.41) is 4.45. The van der Waals surface area contributed by atoms with E-state index in [2.05, 4.69) is 15.1 Å². The predicted molar refractivity (Wildman–Crippen MR) is 99.7 cm³/mol. The number of ketones is 1. The van der Waals surface area contributed by atoms with Gasteiger partial charge in [-0.05, 0) is 31.5 Å². The van der Waals surface area contributed by atoms with Crippen LogP contribution < -0.4 is 0 Å². The lowest BCUT2D eigenvalue weighted by molar-refractivity contribution is -0.141. The summed E-state index contributed by atoms with van der Waals surface area (Å²) >= 11 is 5.99. The Morgan fingerprint density at radius 1 is 1.21 bits per heavy atom. The van der Waals surface area contributed by atoms with Gasteiger partial charge in [0.15, 0.2) is 10.8 Å². The van der Waals surface area contributed by atoms with Gasteiger partial charge in [-0.1, -0.05) is 11.6 Å². The standard InChI is InChI=1S/C19H18ClF3N4O2/c1-18(2,29-3)17-12(10-25-16-9-15(20)26-27(16)17)8-13(28)6-11-4-5-24-14(7-11)19(21,22)23/h4-5,7,9-10H,6,8H2,1-3H3. The van der Waals surface area contributed by atoms with E-state index in [0.29, 0.717) is 16.9 Å². The second-order valence-corrected chi connectivity index (χ2v) is 7.41. The number of pyridine rings is 1. The third-order valence-corrected chi connectivity index (χ3v) is 4.70. The van der Waals surface area contributed by atoms with E-state index >= 15 is 0 Å². The first-order chi connectivity index (χ1) is 13.5. The fourth-order valence-electron chi connectivity index (χ4n) is 3.05. The fraction of sp³-hybridized carbons (Fsp3) is 0.368. The van der Waals surface area contributed by atoms with Gasteiger partial charge in [-0.15, -0.1) is 0 Å². The van der Waals surface area contributed by atoms with Crippen LogP contribution >= 0.6 is 11.6 Å². The summed E-state index contributed by atoms with van der Waals surface area (Å²) in [5.41, 5.74) is 0.0384. The predicted octanol–water partition coefficient (Wildman–Crippen LogP) is 4.03. The Labute approximate surface area is 169 Å². The Morgan fingerprint density at radius 2 is 1.93 bits per heavy atom. The molecule has 0 aliphatic heterocycles. The second kappa shape index (κ2) is 7.72. The van der Waals surface area contributed by atoms with Gasteiger partial charge in [0, 0.05) is 44.0 Å². The molecule has 0 atom stereocenters. The van der Waals surface area contributed by atoms with Crippen molar-refractivity contribution >= 4 is 23.0 Å². The highest BCUT2D eigenvalue weighted by molar-refractivity contribution is 6.29. The molecule has 3 rings (SSSR count). The summed E-state index contributed by atoms with van der Waals surface area (Å²) < 4.78 is 45.6. The van der Waals surface area contributed by atoms with Crippen molar-refractivity contribution in [3.63, 3.8) is 0 Å². The van der Waals surface area contributed by atoms with E-state index in [9.17, 15) is 18.0 Å². The molecular weight excluding hydrogens is 409 g/mol. The molecule has 0 fully saturated rings. The summed E-state index contributed by atoms with van der Waals surface area (Å²) in [7, 11) is 1.53. The molecule has 0 aliphatic carbocycles. The maximum absolute atomic E-state index is 12.8. The number of methoxy groups -OCH3 is 1. The average molecular weight is 427 g/mol. The molecule has 0 N–H and O–H groups in total. The SMILES string of the molecule is COC(C)(C)c1c(CC(=O)Cc2ccnc(C(F)(F)F)c2)cnc2cc(Cl)nn12. The van der Waals surface area contributed by atoms with Crippen molar-refractivity contribution in [3.05, 3.63) is 58.3 Å². The Kier molecular flexibility index (Phi) is 5.64. The maximum atomic E-state index is 12.8. The van der Waals surface area contributed by atoms with Crippen LogP contribution in [0.2, 0.25) is 5.15 Å². The normalized spacial score (nSPS) is 12.5. The molecule has 29 heavy (non-hydrogen) atoms. The lowest BCUT2D eigenvalue weighted by atomic mass is 9.95. The van der Waals surface area contributed by atoms with E-state index in [-0.39, 0.29) is 29.3 Å². The van der Waals surface area contributed by atoms with E-state index in [4.69, 9.17) is 16.3 Å². The number of Topliss-reactive ketones (excluding diaryl/α,β-unsaturated/α-hetero) is 1. The van der Waals surface area contributed by atoms with Crippen LogP contribution in [0.15, 0.2) is 30.6 Å². The second-order valence-electron chi connectivity index (χ2n) is 7.02. The number of halogens is 4. The number of ether oxygens (including phenoxy) is 1. The van der Waals surface area contributed by atoms with E-state index in [1.165, 1.54) is 23.9 Å². The molecule has 3 heterocycles. The van der Waals surface area contributed by atoms with Crippen LogP contribution in [-0.2, 0) is 34.2 Å². The minimum Gasteiger partial charge on any atom is -0.372 e. The molecule has 0 radical (unpaired) electrons. The summed E-state index contributed by atoms with van der Waals surface area (Å²) in [6, 6.07) is 3.85. The number of carbonyl (C=O) groups is 1. The molecule has 6 nitrogen and oxygen atoms in total. The first kappa shape index (κ1) is 21.2. The molecule has 3 aromatic heterocycles. The largest absolute Gasteiger partial charge is 0.433 e. The van der Waals surface area contributed by atoms with Crippen LogP contribution in [0.3, 0.4) is 0 Å². The Hall–Kier alpha value is -2.52. The number of hydrogen-bond donors (Lipinski definition) is 0. The lowest BCUT2D eigenvalue weighted by Gasteiger charge is -2.26. The van der Waals surface area contributed by atoms with E-state index in [1.54, 1.807) is 6.07 Å². The topological polar surface area (TPSA) is 69.4 Å². The minimum absolute atomic E-state index is 0.0494. The molecule has 0 unspecified atom stereocenters. The van der Waals surface area contributed by atoms with Gasteiger partial charge in [-0.25, -0.2) is 9.50 Å². The van der Waals surface area contributed by atoms with Crippen molar-refractivity contribution in [1.82, 2.24) is 19.6 Å². The highest BCUT2D eigenvalue weighted by Crippen LogP contribution is 2.30. The van der Waals surface area contributed by atoms with Crippen molar-refractivity contribution in [3.8, 4) is 0 Å². The summed E-state index contributed by atoms with van der Waals surface area (Å²) in [6.45, 7) is 3.62. The van der Waals surface area contributed by atoms with Crippen molar-refractivity contribution in [2.24, 2.45) is 0 Å². The lowest BCUT2D eigenvalue weighted by Crippen LogP contribution is -2.27. The number of fused-ring (bicyclic) bond motifs is 1. The number of alkyl halides is 3. The first-order valence-corrected chi connectivity index (χ1v) is 9.01. The first-order valence-electron chi connectivity index (χ1n) is 8.64. The molecule has 0 saturated carbocycles. The van der Waals surface area contributed by atoms with Crippen molar-refractivity contribution in [2.45, 2.75) is 38.5 Å². The van der Waals surface area contributed by atoms with Gasteiger partial charge in [0.1, 0.15) is 17.1 Å². The highest BCUT2D eigenvalue weighted by atomic mass is 35.5. The summed E-state index contributed by atoms with van der Waals surface area (Å²) in [6.07, 6.45) is -2.20. The van der Waals surface area contributed by atoms with E-state index < -0.39 is 17.5 Å². The van der Waals surface area contributed by atoms with Crippen LogP contribution in [0.1, 0.15) is 36.4 Å². The molecule has 154 valence electrons. The molecule has 3 aromatic rings. The van der Waals surface area contributed by atoms with Crippen LogP contribution in [0.25, 0.3) is 5.65 Å². The smallest absolute Gasteiger partial charge is 0.372 e. The average Bonchev–Trinajstić information content (AvgIpc) is 3.00. The van der Waals surface area contributed by atoms with Crippen molar-refractivity contribution in [1.29, 1.82) is 0 Å². The molecule has 0 saturated heterocycles. The van der Waals surface area contributed by atoms with Gasteiger partial charge in [-0.3, -0.25) is 9.78 Å². The number of aromatic nitrogens is 4. The van der Waals surface area contributed by atoms with Gasteiger partial charge < -0.3 is 4.74 Å². The van der Waals surface area contributed by atoms with Gasteiger partial charge in [-0.2, -0.15) is 18.3 Å². The monoisotopic (exact) mass is 426 g/mol.